The van der Waals surface area contributed by atoms with Gasteiger partial charge in [-0.15, -0.1) is 34.0 Å². The predicted octanol–water partition coefficient (Wildman–Crippen LogP) is 8.84. The third-order valence-electron chi connectivity index (χ3n) is 5.61. The van der Waals surface area contributed by atoms with Gasteiger partial charge in [-0.05, 0) is 63.5 Å². The summed E-state index contributed by atoms with van der Waals surface area (Å²) < 4.78 is 5.43. The highest BCUT2D eigenvalue weighted by molar-refractivity contribution is 7.27. The lowest BCUT2D eigenvalue weighted by Crippen LogP contribution is -2.11. The minimum Gasteiger partial charge on any atom is -0.256 e. The maximum Gasteiger partial charge on any atom is 0.0795 e. The molecule has 0 radical (unpaired) electrons. The Kier molecular flexibility index (Phi) is 3.71. The molecule has 6 aromatic rings. The Morgan fingerprint density at radius 3 is 2.52 bits per heavy atom. The number of hydrogen-bond acceptors (Lipinski definition) is 4. The fourth-order valence-corrected chi connectivity index (χ4v) is 7.41. The second kappa shape index (κ2) is 6.11. The van der Waals surface area contributed by atoms with Gasteiger partial charge in [-0.2, -0.15) is 0 Å². The van der Waals surface area contributed by atoms with E-state index in [1.54, 1.807) is 0 Å². The number of benzene rings is 2. The molecule has 0 amide bonds. The molecule has 0 atom stereocenters. The van der Waals surface area contributed by atoms with E-state index in [0.29, 0.717) is 0 Å². The van der Waals surface area contributed by atoms with E-state index in [4.69, 9.17) is 4.98 Å². The van der Waals surface area contributed by atoms with Crippen LogP contribution in [0.25, 0.3) is 51.6 Å². The Morgan fingerprint density at radius 2 is 1.66 bits per heavy atom. The Hall–Kier alpha value is -2.27. The Balaban J connectivity index is 1.73. The number of nitrogens with zero attached hydrogens (tertiary/aromatic N) is 1. The second-order valence-electron chi connectivity index (χ2n) is 8.52. The highest BCUT2D eigenvalue weighted by Gasteiger charge is 2.21. The molecule has 0 unspecified atom stereocenters. The topological polar surface area (TPSA) is 12.9 Å². The van der Waals surface area contributed by atoms with Gasteiger partial charge in [0.25, 0.3) is 0 Å². The lowest BCUT2D eigenvalue weighted by Gasteiger charge is -2.21. The molecule has 4 heterocycles. The van der Waals surface area contributed by atoms with Crippen molar-refractivity contribution in [3.05, 3.63) is 65.0 Å². The van der Waals surface area contributed by atoms with Gasteiger partial charge in [0.2, 0.25) is 0 Å². The maximum atomic E-state index is 4.89. The molecular weight excluding hydrogens is 410 g/mol. The maximum absolute atomic E-state index is 4.89. The molecule has 4 heteroatoms. The molecule has 0 bridgehead atoms. The van der Waals surface area contributed by atoms with Crippen molar-refractivity contribution in [2.24, 2.45) is 0 Å². The normalized spacial score (nSPS) is 12.7. The number of rotatable bonds is 1. The molecule has 0 N–H and O–H groups in total. The number of fused-ring (bicyclic) bond motifs is 6. The zero-order valence-corrected chi connectivity index (χ0v) is 18.9. The summed E-state index contributed by atoms with van der Waals surface area (Å²) in [6, 6.07) is 15.9. The third-order valence-corrected chi connectivity index (χ3v) is 8.66. The first-order valence-electron chi connectivity index (χ1n) is 9.70. The SMILES string of the molecule is CC(C)(C)c1cc(-c2nccc3sc4c5ccsc5ccc4c23)cc2ccsc12. The molecule has 6 rings (SSSR count). The second-order valence-corrected chi connectivity index (χ2v) is 11.4. The molecule has 0 aliphatic carbocycles. The zero-order valence-electron chi connectivity index (χ0n) is 16.4. The standard InChI is InChI=1S/C25H19NS3/c1-25(2,3)18-13-15(12-14-7-10-28-23(14)18)22-21-17-4-5-19-16(8-11-27-19)24(17)29-20(21)6-9-26-22/h4-13H,1-3H3. The molecule has 0 saturated heterocycles. The van der Waals surface area contributed by atoms with Crippen molar-refractivity contribution in [1.29, 1.82) is 0 Å². The van der Waals surface area contributed by atoms with Crippen molar-refractivity contribution in [1.82, 2.24) is 4.98 Å². The first-order valence-corrected chi connectivity index (χ1v) is 12.3. The summed E-state index contributed by atoms with van der Waals surface area (Å²) in [5.74, 6) is 0. The van der Waals surface area contributed by atoms with Gasteiger partial charge in [-0.25, -0.2) is 0 Å². The van der Waals surface area contributed by atoms with E-state index in [2.05, 4.69) is 74.0 Å². The van der Waals surface area contributed by atoms with Crippen molar-refractivity contribution in [2.45, 2.75) is 26.2 Å². The average molecular weight is 430 g/mol. The molecule has 0 fully saturated rings. The predicted molar refractivity (Wildman–Crippen MR) is 132 cm³/mol. The average Bonchev–Trinajstić information content (AvgIpc) is 3.42. The highest BCUT2D eigenvalue weighted by Crippen LogP contribution is 2.44. The van der Waals surface area contributed by atoms with Crippen LogP contribution in [0.5, 0.6) is 0 Å². The van der Waals surface area contributed by atoms with Gasteiger partial charge in [0, 0.05) is 46.7 Å². The van der Waals surface area contributed by atoms with Crippen molar-refractivity contribution >= 4 is 74.4 Å². The van der Waals surface area contributed by atoms with Crippen molar-refractivity contribution < 1.29 is 0 Å². The summed E-state index contributed by atoms with van der Waals surface area (Å²) in [5, 5.41) is 9.68. The first kappa shape index (κ1) is 17.6. The largest absolute Gasteiger partial charge is 0.256 e. The van der Waals surface area contributed by atoms with Crippen LogP contribution in [0.4, 0.5) is 0 Å². The van der Waals surface area contributed by atoms with E-state index in [1.165, 1.54) is 51.5 Å². The number of pyridine rings is 1. The molecule has 2 aromatic carbocycles. The van der Waals surface area contributed by atoms with Crippen molar-refractivity contribution in [3.8, 4) is 11.3 Å². The number of aromatic nitrogens is 1. The minimum absolute atomic E-state index is 0.0898. The van der Waals surface area contributed by atoms with Crippen LogP contribution in [-0.2, 0) is 5.41 Å². The molecule has 142 valence electrons. The van der Waals surface area contributed by atoms with E-state index >= 15 is 0 Å². The van der Waals surface area contributed by atoms with E-state index in [9.17, 15) is 0 Å². The number of hydrogen-bond donors (Lipinski definition) is 0. The summed E-state index contributed by atoms with van der Waals surface area (Å²) in [5.41, 5.74) is 3.81. The highest BCUT2D eigenvalue weighted by atomic mass is 32.1. The van der Waals surface area contributed by atoms with Gasteiger partial charge >= 0.3 is 0 Å². The van der Waals surface area contributed by atoms with Crippen molar-refractivity contribution in [3.63, 3.8) is 0 Å². The molecule has 4 aromatic heterocycles. The number of thiophene rings is 3. The summed E-state index contributed by atoms with van der Waals surface area (Å²) in [4.78, 5) is 4.89. The van der Waals surface area contributed by atoms with Gasteiger partial charge < -0.3 is 0 Å². The molecule has 0 aliphatic heterocycles. The fourth-order valence-electron chi connectivity index (χ4n) is 4.22. The van der Waals surface area contributed by atoms with Crippen LogP contribution in [0.15, 0.2) is 59.4 Å². The van der Waals surface area contributed by atoms with Gasteiger partial charge in [0.05, 0.1) is 5.69 Å². The van der Waals surface area contributed by atoms with Gasteiger partial charge in [0.15, 0.2) is 0 Å². The summed E-state index contributed by atoms with van der Waals surface area (Å²) in [6.07, 6.45) is 1.96. The summed E-state index contributed by atoms with van der Waals surface area (Å²) >= 11 is 5.54. The third kappa shape index (κ3) is 2.59. The van der Waals surface area contributed by atoms with Crippen LogP contribution >= 0.6 is 34.0 Å². The van der Waals surface area contributed by atoms with Crippen LogP contribution in [0.3, 0.4) is 0 Å². The van der Waals surface area contributed by atoms with Crippen LogP contribution in [-0.4, -0.2) is 4.98 Å². The van der Waals surface area contributed by atoms with E-state index in [1.807, 2.05) is 40.2 Å². The van der Waals surface area contributed by atoms with E-state index < -0.39 is 0 Å². The van der Waals surface area contributed by atoms with Gasteiger partial charge in [0.1, 0.15) is 0 Å². The van der Waals surface area contributed by atoms with Gasteiger partial charge in [-0.1, -0.05) is 26.8 Å². The lowest BCUT2D eigenvalue weighted by molar-refractivity contribution is 0.597. The summed E-state index contributed by atoms with van der Waals surface area (Å²) in [6.45, 7) is 6.89. The fraction of sp³-hybridized carbons (Fsp3) is 0.160. The van der Waals surface area contributed by atoms with Crippen molar-refractivity contribution in [2.75, 3.05) is 0 Å². The Bertz CT molecular complexity index is 1540. The van der Waals surface area contributed by atoms with Crippen LogP contribution in [0.1, 0.15) is 26.3 Å². The van der Waals surface area contributed by atoms with Crippen LogP contribution in [0.2, 0.25) is 0 Å². The monoisotopic (exact) mass is 429 g/mol. The molecule has 0 aliphatic rings. The van der Waals surface area contributed by atoms with E-state index in [0.717, 1.165) is 5.69 Å². The molecular formula is C25H19NS3. The Labute approximate surface area is 181 Å². The molecule has 1 nitrogen and oxygen atoms in total. The lowest BCUT2D eigenvalue weighted by atomic mass is 9.85. The zero-order chi connectivity index (χ0) is 19.8. The van der Waals surface area contributed by atoms with Crippen LogP contribution in [0, 0.1) is 0 Å². The quantitative estimate of drug-likeness (QED) is 0.254. The first-order chi connectivity index (χ1) is 14.0. The minimum atomic E-state index is 0.0898. The summed E-state index contributed by atoms with van der Waals surface area (Å²) in [7, 11) is 0. The molecule has 29 heavy (non-hydrogen) atoms. The Morgan fingerprint density at radius 1 is 0.793 bits per heavy atom. The molecule has 0 saturated carbocycles. The van der Waals surface area contributed by atoms with Crippen LogP contribution < -0.4 is 0 Å². The van der Waals surface area contributed by atoms with E-state index in [-0.39, 0.29) is 5.41 Å². The smallest absolute Gasteiger partial charge is 0.0795 e. The molecule has 0 spiro atoms. The van der Waals surface area contributed by atoms with Gasteiger partial charge in [-0.3, -0.25) is 4.98 Å².